The molecule has 0 aliphatic carbocycles. The monoisotopic (exact) mass is 425 g/mol. The van der Waals surface area contributed by atoms with Crippen molar-refractivity contribution in [3.63, 3.8) is 0 Å². The Kier molecular flexibility index (Phi) is 6.91. The minimum atomic E-state index is 0.569. The van der Waals surface area contributed by atoms with Gasteiger partial charge in [0.15, 0.2) is 0 Å². The number of halogens is 1. The average Bonchev–Trinajstić information content (AvgIpc) is 2.69. The van der Waals surface area contributed by atoms with E-state index in [2.05, 4.69) is 58.5 Å². The lowest BCUT2D eigenvalue weighted by Crippen LogP contribution is -2.13. The van der Waals surface area contributed by atoms with Crippen molar-refractivity contribution in [2.24, 2.45) is 0 Å². The van der Waals surface area contributed by atoms with Crippen molar-refractivity contribution in [3.05, 3.63) is 93.5 Å². The Morgan fingerprint density at radius 2 is 1.67 bits per heavy atom. The van der Waals surface area contributed by atoms with E-state index in [1.54, 1.807) is 7.11 Å². The maximum Gasteiger partial charge on any atom is 0.124 e. The van der Waals surface area contributed by atoms with Crippen LogP contribution in [0.5, 0.6) is 11.5 Å². The number of ether oxygens (including phenoxy) is 2. The first-order valence-corrected chi connectivity index (χ1v) is 9.74. The van der Waals surface area contributed by atoms with Crippen LogP contribution in [0.3, 0.4) is 0 Å². The largest absolute Gasteiger partial charge is 0.497 e. The molecule has 3 aromatic rings. The van der Waals surface area contributed by atoms with Crippen LogP contribution >= 0.6 is 15.9 Å². The van der Waals surface area contributed by atoms with Crippen molar-refractivity contribution in [2.45, 2.75) is 26.6 Å². The van der Waals surface area contributed by atoms with E-state index in [0.717, 1.165) is 34.6 Å². The van der Waals surface area contributed by atoms with Crippen molar-refractivity contribution >= 4 is 15.9 Å². The lowest BCUT2D eigenvalue weighted by Gasteiger charge is -2.14. The zero-order valence-electron chi connectivity index (χ0n) is 15.7. The molecule has 0 aliphatic rings. The van der Waals surface area contributed by atoms with E-state index >= 15 is 0 Å². The highest BCUT2D eigenvalue weighted by atomic mass is 79.9. The second-order valence-corrected chi connectivity index (χ2v) is 7.33. The molecule has 3 nitrogen and oxygen atoms in total. The summed E-state index contributed by atoms with van der Waals surface area (Å²) in [5.74, 6) is 1.78. The molecule has 0 aliphatic heterocycles. The number of nitrogens with one attached hydrogen (secondary N) is 1. The lowest BCUT2D eigenvalue weighted by atomic mass is 10.1. The fraction of sp³-hybridized carbons (Fsp3) is 0.217. The van der Waals surface area contributed by atoms with Crippen LogP contribution in [0.4, 0.5) is 0 Å². The first-order chi connectivity index (χ1) is 13.2. The van der Waals surface area contributed by atoms with Gasteiger partial charge in [0.25, 0.3) is 0 Å². The van der Waals surface area contributed by atoms with E-state index in [1.165, 1.54) is 16.7 Å². The van der Waals surface area contributed by atoms with Gasteiger partial charge in [-0.25, -0.2) is 0 Å². The Balaban J connectivity index is 1.62. The van der Waals surface area contributed by atoms with Gasteiger partial charge in [0.05, 0.1) is 7.11 Å². The molecule has 0 saturated carbocycles. The minimum Gasteiger partial charge on any atom is -0.497 e. The van der Waals surface area contributed by atoms with Gasteiger partial charge in [-0.3, -0.25) is 0 Å². The Morgan fingerprint density at radius 1 is 0.889 bits per heavy atom. The standard InChI is InChI=1S/C23H24BrNO2/c1-17-5-3-4-6-19(17)16-27-23-12-9-21(24)13-20(23)15-25-14-18-7-10-22(26-2)11-8-18/h3-13,25H,14-16H2,1-2H3. The molecule has 0 radical (unpaired) electrons. The molecule has 0 bridgehead atoms. The van der Waals surface area contributed by atoms with Gasteiger partial charge in [0.2, 0.25) is 0 Å². The minimum absolute atomic E-state index is 0.569. The Hall–Kier alpha value is -2.30. The molecular formula is C23H24BrNO2. The number of aryl methyl sites for hydroxylation is 1. The topological polar surface area (TPSA) is 30.5 Å². The highest BCUT2D eigenvalue weighted by Crippen LogP contribution is 2.25. The summed E-state index contributed by atoms with van der Waals surface area (Å²) in [6.45, 7) is 4.19. The van der Waals surface area contributed by atoms with Gasteiger partial charge in [-0.15, -0.1) is 0 Å². The molecule has 3 rings (SSSR count). The molecule has 0 fully saturated rings. The van der Waals surface area contributed by atoms with Crippen molar-refractivity contribution in [3.8, 4) is 11.5 Å². The first-order valence-electron chi connectivity index (χ1n) is 8.95. The van der Waals surface area contributed by atoms with Crippen molar-refractivity contribution in [2.75, 3.05) is 7.11 Å². The quantitative estimate of drug-likeness (QED) is 0.506. The van der Waals surface area contributed by atoms with Crippen molar-refractivity contribution in [1.82, 2.24) is 5.32 Å². The van der Waals surface area contributed by atoms with Crippen molar-refractivity contribution in [1.29, 1.82) is 0 Å². The highest BCUT2D eigenvalue weighted by molar-refractivity contribution is 9.10. The van der Waals surface area contributed by atoms with Gasteiger partial charge in [0.1, 0.15) is 18.1 Å². The van der Waals surface area contributed by atoms with E-state index in [4.69, 9.17) is 9.47 Å². The number of hydrogen-bond donors (Lipinski definition) is 1. The normalized spacial score (nSPS) is 10.6. The molecule has 0 amide bonds. The highest BCUT2D eigenvalue weighted by Gasteiger charge is 2.06. The molecule has 4 heteroatoms. The molecule has 1 N–H and O–H groups in total. The van der Waals surface area contributed by atoms with Gasteiger partial charge in [-0.2, -0.15) is 0 Å². The second kappa shape index (κ2) is 9.58. The number of methoxy groups -OCH3 is 1. The summed E-state index contributed by atoms with van der Waals surface area (Å²) in [5, 5.41) is 3.49. The number of rotatable bonds is 8. The third kappa shape index (κ3) is 5.59. The van der Waals surface area contributed by atoms with Crippen LogP contribution in [0.2, 0.25) is 0 Å². The van der Waals surface area contributed by atoms with Gasteiger partial charge in [0, 0.05) is 23.1 Å². The summed E-state index contributed by atoms with van der Waals surface area (Å²) >= 11 is 3.56. The molecule has 0 saturated heterocycles. The van der Waals surface area contributed by atoms with Crippen LogP contribution in [-0.4, -0.2) is 7.11 Å². The SMILES string of the molecule is COc1ccc(CNCc2cc(Br)ccc2OCc2ccccc2C)cc1. The molecular weight excluding hydrogens is 402 g/mol. The predicted octanol–water partition coefficient (Wildman–Crippen LogP) is 5.63. The lowest BCUT2D eigenvalue weighted by molar-refractivity contribution is 0.301. The van der Waals surface area contributed by atoms with Crippen LogP contribution in [0.1, 0.15) is 22.3 Å². The summed E-state index contributed by atoms with van der Waals surface area (Å²) in [7, 11) is 1.68. The van der Waals surface area contributed by atoms with Crippen molar-refractivity contribution < 1.29 is 9.47 Å². The summed E-state index contributed by atoms with van der Waals surface area (Å²) in [6, 6.07) is 22.6. The fourth-order valence-corrected chi connectivity index (χ4v) is 3.25. The van der Waals surface area contributed by atoms with Gasteiger partial charge < -0.3 is 14.8 Å². The predicted molar refractivity (Wildman–Crippen MR) is 113 cm³/mol. The van der Waals surface area contributed by atoms with Gasteiger partial charge in [-0.05, 0) is 53.9 Å². The maximum absolute atomic E-state index is 6.11. The smallest absolute Gasteiger partial charge is 0.124 e. The third-order valence-electron chi connectivity index (χ3n) is 4.47. The number of hydrogen-bond acceptors (Lipinski definition) is 3. The zero-order valence-corrected chi connectivity index (χ0v) is 17.3. The molecule has 27 heavy (non-hydrogen) atoms. The Morgan fingerprint density at radius 3 is 2.41 bits per heavy atom. The van der Waals surface area contributed by atoms with Gasteiger partial charge >= 0.3 is 0 Å². The molecule has 3 aromatic carbocycles. The Bertz CT molecular complexity index is 878. The molecule has 0 aromatic heterocycles. The average molecular weight is 426 g/mol. The summed E-state index contributed by atoms with van der Waals surface area (Å²) in [6.07, 6.45) is 0. The van der Waals surface area contributed by atoms with Crippen LogP contribution in [0, 0.1) is 6.92 Å². The summed E-state index contributed by atoms with van der Waals surface area (Å²) in [4.78, 5) is 0. The van der Waals surface area contributed by atoms with E-state index in [1.807, 2.05) is 36.4 Å². The molecule has 140 valence electrons. The van der Waals surface area contributed by atoms with E-state index in [0.29, 0.717) is 6.61 Å². The summed E-state index contributed by atoms with van der Waals surface area (Å²) < 4.78 is 12.4. The van der Waals surface area contributed by atoms with Crippen LogP contribution in [0.25, 0.3) is 0 Å². The Labute approximate surface area is 169 Å². The zero-order chi connectivity index (χ0) is 19.1. The number of benzene rings is 3. The first kappa shape index (κ1) is 19.5. The maximum atomic E-state index is 6.11. The molecule has 0 atom stereocenters. The molecule has 0 spiro atoms. The van der Waals surface area contributed by atoms with Crippen LogP contribution in [0.15, 0.2) is 71.2 Å². The molecule has 0 unspecified atom stereocenters. The van der Waals surface area contributed by atoms with E-state index in [-0.39, 0.29) is 0 Å². The van der Waals surface area contributed by atoms with Crippen LogP contribution < -0.4 is 14.8 Å². The fourth-order valence-electron chi connectivity index (χ4n) is 2.84. The summed E-state index contributed by atoms with van der Waals surface area (Å²) in [5.41, 5.74) is 4.80. The van der Waals surface area contributed by atoms with E-state index in [9.17, 15) is 0 Å². The molecule has 0 heterocycles. The van der Waals surface area contributed by atoms with Crippen LogP contribution in [-0.2, 0) is 19.7 Å². The van der Waals surface area contributed by atoms with E-state index < -0.39 is 0 Å². The van der Waals surface area contributed by atoms with Gasteiger partial charge in [-0.1, -0.05) is 52.3 Å². The third-order valence-corrected chi connectivity index (χ3v) is 4.96. The second-order valence-electron chi connectivity index (χ2n) is 6.42.